The zero-order valence-corrected chi connectivity index (χ0v) is 9.88. The lowest BCUT2D eigenvalue weighted by Gasteiger charge is -2.15. The minimum absolute atomic E-state index is 0.0434. The van der Waals surface area contributed by atoms with E-state index in [1.165, 1.54) is 19.2 Å². The number of halogens is 1. The van der Waals surface area contributed by atoms with E-state index in [1.807, 2.05) is 0 Å². The molecule has 0 aliphatic carbocycles. The number of hydrogen-bond donors (Lipinski definition) is 0. The summed E-state index contributed by atoms with van der Waals surface area (Å²) >= 11 is 0. The highest BCUT2D eigenvalue weighted by Crippen LogP contribution is 2.19. The van der Waals surface area contributed by atoms with Crippen LogP contribution in [0.25, 0.3) is 0 Å². The molecule has 0 aliphatic heterocycles. The zero-order chi connectivity index (χ0) is 12.3. The fourth-order valence-corrected chi connectivity index (χ4v) is 2.55. The lowest BCUT2D eigenvalue weighted by atomic mass is 10.2. The van der Waals surface area contributed by atoms with Crippen LogP contribution in [0.5, 0.6) is 0 Å². The van der Waals surface area contributed by atoms with Crippen LogP contribution in [-0.2, 0) is 10.0 Å². The number of aryl methyl sites for hydroxylation is 1. The Bertz CT molecular complexity index is 531. The number of nitrogens with zero attached hydrogens (tertiary/aromatic N) is 1. The Morgan fingerprint density at radius 3 is 2.69 bits per heavy atom. The van der Waals surface area contributed by atoms with E-state index in [2.05, 4.69) is 5.92 Å². The van der Waals surface area contributed by atoms with Gasteiger partial charge in [-0.25, -0.2) is 12.8 Å². The Labute approximate surface area is 94.9 Å². The van der Waals surface area contributed by atoms with Gasteiger partial charge in [0, 0.05) is 7.05 Å². The minimum atomic E-state index is -3.70. The van der Waals surface area contributed by atoms with Crippen molar-refractivity contribution in [2.75, 3.05) is 13.6 Å². The second-order valence-electron chi connectivity index (χ2n) is 3.38. The summed E-state index contributed by atoms with van der Waals surface area (Å²) in [6.45, 7) is 1.56. The second kappa shape index (κ2) is 4.64. The molecular formula is C11H12FNO2S. The van der Waals surface area contributed by atoms with Crippen molar-refractivity contribution in [3.05, 3.63) is 29.6 Å². The molecule has 0 aromatic heterocycles. The SMILES string of the molecule is C#CCN(C)S(=O)(=O)c1cc(F)ccc1C. The highest BCUT2D eigenvalue weighted by Gasteiger charge is 2.22. The molecule has 16 heavy (non-hydrogen) atoms. The van der Waals surface area contributed by atoms with Crippen LogP contribution in [0.3, 0.4) is 0 Å². The van der Waals surface area contributed by atoms with Crippen LogP contribution in [0.1, 0.15) is 5.56 Å². The minimum Gasteiger partial charge on any atom is -0.207 e. The van der Waals surface area contributed by atoms with E-state index in [4.69, 9.17) is 6.42 Å². The van der Waals surface area contributed by atoms with Gasteiger partial charge in [0.1, 0.15) is 5.82 Å². The molecule has 1 aromatic carbocycles. The van der Waals surface area contributed by atoms with E-state index >= 15 is 0 Å². The highest BCUT2D eigenvalue weighted by molar-refractivity contribution is 7.89. The quantitative estimate of drug-likeness (QED) is 0.750. The lowest BCUT2D eigenvalue weighted by molar-refractivity contribution is 0.501. The maximum absolute atomic E-state index is 13.0. The number of benzene rings is 1. The summed E-state index contributed by atoms with van der Waals surface area (Å²) in [7, 11) is -2.34. The molecule has 1 aromatic rings. The van der Waals surface area contributed by atoms with Gasteiger partial charge in [0.2, 0.25) is 10.0 Å². The van der Waals surface area contributed by atoms with Crippen molar-refractivity contribution in [2.45, 2.75) is 11.8 Å². The molecule has 0 aliphatic rings. The van der Waals surface area contributed by atoms with Crippen LogP contribution in [0.4, 0.5) is 4.39 Å². The maximum Gasteiger partial charge on any atom is 0.244 e. The van der Waals surface area contributed by atoms with Gasteiger partial charge >= 0.3 is 0 Å². The van der Waals surface area contributed by atoms with Gasteiger partial charge in [0.05, 0.1) is 11.4 Å². The maximum atomic E-state index is 13.0. The summed E-state index contributed by atoms with van der Waals surface area (Å²) in [5.74, 6) is 1.65. The van der Waals surface area contributed by atoms with Crippen LogP contribution >= 0.6 is 0 Å². The molecule has 0 unspecified atom stereocenters. The highest BCUT2D eigenvalue weighted by atomic mass is 32.2. The molecule has 0 bridgehead atoms. The van der Waals surface area contributed by atoms with Crippen molar-refractivity contribution in [1.29, 1.82) is 0 Å². The largest absolute Gasteiger partial charge is 0.244 e. The van der Waals surface area contributed by atoms with Gasteiger partial charge in [-0.1, -0.05) is 12.0 Å². The first-order chi connectivity index (χ1) is 7.39. The number of terminal acetylenes is 1. The third kappa shape index (κ3) is 2.40. The van der Waals surface area contributed by atoms with Crippen molar-refractivity contribution in [3.8, 4) is 12.3 Å². The van der Waals surface area contributed by atoms with Crippen LogP contribution < -0.4 is 0 Å². The molecule has 0 amide bonds. The third-order valence-corrected chi connectivity index (χ3v) is 4.10. The molecule has 0 atom stereocenters. The molecule has 0 spiro atoms. The Morgan fingerprint density at radius 1 is 1.50 bits per heavy atom. The molecule has 0 N–H and O–H groups in total. The molecule has 0 fully saturated rings. The first kappa shape index (κ1) is 12.7. The number of hydrogen-bond acceptors (Lipinski definition) is 2. The Kier molecular flexibility index (Phi) is 3.68. The zero-order valence-electron chi connectivity index (χ0n) is 9.07. The molecule has 86 valence electrons. The molecule has 0 heterocycles. The fraction of sp³-hybridized carbons (Fsp3) is 0.273. The molecule has 0 radical (unpaired) electrons. The van der Waals surface area contributed by atoms with Crippen molar-refractivity contribution in [2.24, 2.45) is 0 Å². The summed E-state index contributed by atoms with van der Waals surface area (Å²) in [6, 6.07) is 3.64. The van der Waals surface area contributed by atoms with Gasteiger partial charge in [0.15, 0.2) is 0 Å². The van der Waals surface area contributed by atoms with Crippen LogP contribution in [-0.4, -0.2) is 26.3 Å². The van der Waals surface area contributed by atoms with Gasteiger partial charge in [0.25, 0.3) is 0 Å². The van der Waals surface area contributed by atoms with Gasteiger partial charge in [-0.05, 0) is 24.6 Å². The Balaban J connectivity index is 3.28. The summed E-state index contributed by atoms with van der Waals surface area (Å²) in [5.41, 5.74) is 0.491. The molecule has 1 rings (SSSR count). The predicted octanol–water partition coefficient (Wildman–Crippen LogP) is 1.39. The summed E-state index contributed by atoms with van der Waals surface area (Å²) in [5, 5.41) is 0. The van der Waals surface area contributed by atoms with Gasteiger partial charge < -0.3 is 0 Å². The van der Waals surface area contributed by atoms with Crippen molar-refractivity contribution >= 4 is 10.0 Å². The molecule has 3 nitrogen and oxygen atoms in total. The average Bonchev–Trinajstić information content (AvgIpc) is 2.22. The average molecular weight is 241 g/mol. The molecule has 0 saturated heterocycles. The van der Waals surface area contributed by atoms with E-state index < -0.39 is 15.8 Å². The Hall–Kier alpha value is -1.38. The van der Waals surface area contributed by atoms with Crippen LogP contribution in [0, 0.1) is 25.1 Å². The molecular weight excluding hydrogens is 229 g/mol. The number of rotatable bonds is 3. The van der Waals surface area contributed by atoms with E-state index in [9.17, 15) is 12.8 Å². The topological polar surface area (TPSA) is 37.4 Å². The first-order valence-corrected chi connectivity index (χ1v) is 5.99. The monoisotopic (exact) mass is 241 g/mol. The standard InChI is InChI=1S/C11H12FNO2S/c1-4-7-13(3)16(14,15)11-8-10(12)6-5-9(11)2/h1,5-6,8H,7H2,2-3H3. The van der Waals surface area contributed by atoms with Gasteiger partial charge in [-0.3, -0.25) is 0 Å². The van der Waals surface area contributed by atoms with Crippen LogP contribution in [0.15, 0.2) is 23.1 Å². The van der Waals surface area contributed by atoms with Crippen molar-refractivity contribution < 1.29 is 12.8 Å². The van der Waals surface area contributed by atoms with E-state index in [-0.39, 0.29) is 11.4 Å². The van der Waals surface area contributed by atoms with E-state index in [1.54, 1.807) is 6.92 Å². The molecule has 0 saturated carbocycles. The fourth-order valence-electron chi connectivity index (χ4n) is 1.23. The second-order valence-corrected chi connectivity index (χ2v) is 5.39. The third-order valence-electron chi connectivity index (χ3n) is 2.15. The van der Waals surface area contributed by atoms with Crippen LogP contribution in [0.2, 0.25) is 0 Å². The lowest BCUT2D eigenvalue weighted by Crippen LogP contribution is -2.27. The Morgan fingerprint density at radius 2 is 2.12 bits per heavy atom. The van der Waals surface area contributed by atoms with Crippen molar-refractivity contribution in [3.63, 3.8) is 0 Å². The molecule has 5 heteroatoms. The first-order valence-electron chi connectivity index (χ1n) is 4.55. The summed E-state index contributed by atoms with van der Waals surface area (Å²) in [4.78, 5) is -0.0507. The van der Waals surface area contributed by atoms with E-state index in [0.29, 0.717) is 5.56 Å². The predicted molar refractivity (Wildman–Crippen MR) is 59.8 cm³/mol. The van der Waals surface area contributed by atoms with Crippen molar-refractivity contribution in [1.82, 2.24) is 4.31 Å². The number of sulfonamides is 1. The summed E-state index contributed by atoms with van der Waals surface area (Å²) in [6.07, 6.45) is 5.04. The van der Waals surface area contributed by atoms with Gasteiger partial charge in [-0.2, -0.15) is 4.31 Å². The van der Waals surface area contributed by atoms with E-state index in [0.717, 1.165) is 10.4 Å². The summed E-state index contributed by atoms with van der Waals surface area (Å²) < 4.78 is 37.9. The van der Waals surface area contributed by atoms with Gasteiger partial charge in [-0.15, -0.1) is 6.42 Å². The smallest absolute Gasteiger partial charge is 0.207 e. The normalized spacial score (nSPS) is 11.4.